The third-order valence-electron chi connectivity index (χ3n) is 6.01. The molecule has 1 aliphatic rings. The zero-order valence-electron chi connectivity index (χ0n) is 18.7. The molecule has 0 spiro atoms. The van der Waals surface area contributed by atoms with Crippen LogP contribution in [0, 0.1) is 6.92 Å². The number of carbonyl (C=O) groups excluding carboxylic acids is 2. The fraction of sp³-hybridized carbons (Fsp3) is 0.222. The van der Waals surface area contributed by atoms with Gasteiger partial charge in [-0.2, -0.15) is 0 Å². The number of carbonyl (C=O) groups is 2. The standard InChI is InChI=1S/C27H24N2O4S/c1-17-24(28-16-32-17)25(21-12-11-19-6-2-3-7-20(19)15-21)33-22-13-9-18(10-14-22)5-4-8-23-26(30)34-27(31)29-23/h2-3,6-7,9-16,23,25H,4-5,8H2,1H3,(H,29,31). The average molecular weight is 473 g/mol. The summed E-state index contributed by atoms with van der Waals surface area (Å²) in [6.07, 6.45) is 3.33. The highest BCUT2D eigenvalue weighted by Crippen LogP contribution is 2.32. The maximum Gasteiger partial charge on any atom is 0.287 e. The molecule has 1 aliphatic heterocycles. The monoisotopic (exact) mass is 472 g/mol. The Morgan fingerprint density at radius 2 is 1.85 bits per heavy atom. The summed E-state index contributed by atoms with van der Waals surface area (Å²) in [7, 11) is 0. The van der Waals surface area contributed by atoms with E-state index in [4.69, 9.17) is 9.15 Å². The molecule has 0 radical (unpaired) electrons. The summed E-state index contributed by atoms with van der Waals surface area (Å²) < 4.78 is 11.9. The van der Waals surface area contributed by atoms with Gasteiger partial charge >= 0.3 is 0 Å². The van der Waals surface area contributed by atoms with Crippen LogP contribution >= 0.6 is 11.8 Å². The minimum Gasteiger partial charge on any atom is -0.479 e. The summed E-state index contributed by atoms with van der Waals surface area (Å²) in [6.45, 7) is 1.89. The van der Waals surface area contributed by atoms with E-state index in [0.29, 0.717) is 6.42 Å². The quantitative estimate of drug-likeness (QED) is 0.340. The normalized spacial score (nSPS) is 16.6. The highest BCUT2D eigenvalue weighted by atomic mass is 32.2. The second-order valence-corrected chi connectivity index (χ2v) is 9.32. The maximum absolute atomic E-state index is 11.7. The van der Waals surface area contributed by atoms with Gasteiger partial charge in [0.2, 0.25) is 5.12 Å². The van der Waals surface area contributed by atoms with Crippen LogP contribution < -0.4 is 10.1 Å². The Morgan fingerprint density at radius 3 is 2.56 bits per heavy atom. The minimum absolute atomic E-state index is 0.0865. The van der Waals surface area contributed by atoms with Crippen LogP contribution in [-0.2, 0) is 11.2 Å². The molecule has 2 heterocycles. The molecule has 5 rings (SSSR count). The van der Waals surface area contributed by atoms with Crippen LogP contribution in [0.4, 0.5) is 4.79 Å². The number of rotatable bonds is 8. The van der Waals surface area contributed by atoms with Gasteiger partial charge in [-0.1, -0.05) is 48.5 Å². The van der Waals surface area contributed by atoms with Crippen LogP contribution in [0.3, 0.4) is 0 Å². The molecular weight excluding hydrogens is 448 g/mol. The first-order valence-electron chi connectivity index (χ1n) is 11.2. The van der Waals surface area contributed by atoms with E-state index in [-0.39, 0.29) is 16.4 Å². The predicted octanol–water partition coefficient (Wildman–Crippen LogP) is 5.98. The summed E-state index contributed by atoms with van der Waals surface area (Å²) in [5.41, 5.74) is 2.90. The molecule has 4 aromatic rings. The number of hydrogen-bond donors (Lipinski definition) is 1. The van der Waals surface area contributed by atoms with Crippen LogP contribution in [-0.4, -0.2) is 21.4 Å². The molecule has 0 bridgehead atoms. The minimum atomic E-state index is -0.399. The average Bonchev–Trinajstić information content (AvgIpc) is 3.41. The molecule has 3 aromatic carbocycles. The Balaban J connectivity index is 1.30. The van der Waals surface area contributed by atoms with Gasteiger partial charge in [-0.3, -0.25) is 9.59 Å². The van der Waals surface area contributed by atoms with E-state index >= 15 is 0 Å². The summed E-state index contributed by atoms with van der Waals surface area (Å²) in [4.78, 5) is 27.5. The number of ether oxygens (including phenoxy) is 1. The Morgan fingerprint density at radius 1 is 1.06 bits per heavy atom. The van der Waals surface area contributed by atoms with Crippen molar-refractivity contribution < 1.29 is 18.7 Å². The van der Waals surface area contributed by atoms with E-state index in [1.54, 1.807) is 0 Å². The molecule has 6 nitrogen and oxygen atoms in total. The largest absolute Gasteiger partial charge is 0.479 e. The molecule has 1 aromatic heterocycles. The lowest BCUT2D eigenvalue weighted by molar-refractivity contribution is -0.112. The molecule has 2 atom stereocenters. The van der Waals surface area contributed by atoms with Gasteiger partial charge in [0.1, 0.15) is 17.2 Å². The molecule has 7 heteroatoms. The zero-order chi connectivity index (χ0) is 23.5. The van der Waals surface area contributed by atoms with Crippen molar-refractivity contribution in [2.45, 2.75) is 38.3 Å². The van der Waals surface area contributed by atoms with Gasteiger partial charge in [0.15, 0.2) is 12.5 Å². The summed E-state index contributed by atoms with van der Waals surface area (Å²) in [5, 5.41) is 4.68. The molecule has 34 heavy (non-hydrogen) atoms. The molecule has 1 amide bonds. The number of oxazole rings is 1. The Bertz CT molecular complexity index is 1330. The van der Waals surface area contributed by atoms with Crippen molar-refractivity contribution in [2.75, 3.05) is 0 Å². The highest BCUT2D eigenvalue weighted by molar-refractivity contribution is 8.26. The van der Waals surface area contributed by atoms with E-state index in [1.165, 1.54) is 11.8 Å². The van der Waals surface area contributed by atoms with E-state index in [1.807, 2.05) is 43.3 Å². The van der Waals surface area contributed by atoms with Crippen molar-refractivity contribution >= 4 is 32.9 Å². The van der Waals surface area contributed by atoms with Crippen LogP contribution in [0.25, 0.3) is 10.8 Å². The molecule has 0 saturated carbocycles. The van der Waals surface area contributed by atoms with E-state index in [2.05, 4.69) is 40.6 Å². The third-order valence-corrected chi connectivity index (χ3v) is 6.80. The number of nitrogens with zero attached hydrogens (tertiary/aromatic N) is 1. The van der Waals surface area contributed by atoms with Crippen LogP contribution in [0.2, 0.25) is 0 Å². The van der Waals surface area contributed by atoms with Crippen molar-refractivity contribution in [3.05, 3.63) is 95.7 Å². The second-order valence-electron chi connectivity index (χ2n) is 8.34. The van der Waals surface area contributed by atoms with E-state index < -0.39 is 6.10 Å². The van der Waals surface area contributed by atoms with E-state index in [9.17, 15) is 9.59 Å². The number of aryl methyl sites for hydroxylation is 2. The first-order valence-corrected chi connectivity index (χ1v) is 12.0. The first kappa shape index (κ1) is 22.2. The van der Waals surface area contributed by atoms with Gasteiger partial charge in [0.05, 0.1) is 6.04 Å². The molecule has 1 saturated heterocycles. The number of amides is 1. The second kappa shape index (κ2) is 9.73. The first-order chi connectivity index (χ1) is 16.6. The Kier molecular flexibility index (Phi) is 6.36. The molecule has 1 fully saturated rings. The lowest BCUT2D eigenvalue weighted by atomic mass is 10.0. The summed E-state index contributed by atoms with van der Waals surface area (Å²) >= 11 is 0.763. The SMILES string of the molecule is Cc1ocnc1C(Oc1ccc(CCCC2NC(=O)SC2=O)cc1)c1ccc2ccccc2c1. The van der Waals surface area contributed by atoms with Gasteiger partial charge in [-0.15, -0.1) is 0 Å². The van der Waals surface area contributed by atoms with Gasteiger partial charge in [-0.05, 0) is 66.3 Å². The maximum atomic E-state index is 11.7. The van der Waals surface area contributed by atoms with Crippen molar-refractivity contribution in [2.24, 2.45) is 0 Å². The van der Waals surface area contributed by atoms with Gasteiger partial charge in [0.25, 0.3) is 5.24 Å². The number of hydrogen-bond acceptors (Lipinski definition) is 6. The van der Waals surface area contributed by atoms with Crippen molar-refractivity contribution in [1.29, 1.82) is 0 Å². The smallest absolute Gasteiger partial charge is 0.287 e. The van der Waals surface area contributed by atoms with Crippen molar-refractivity contribution in [3.8, 4) is 5.75 Å². The zero-order valence-corrected chi connectivity index (χ0v) is 19.5. The molecule has 1 N–H and O–H groups in total. The summed E-state index contributed by atoms with van der Waals surface area (Å²) in [6, 6.07) is 22.1. The number of aromatic nitrogens is 1. The molecular formula is C27H24N2O4S. The Hall–Kier alpha value is -3.58. The van der Waals surface area contributed by atoms with Crippen LogP contribution in [0.5, 0.6) is 5.75 Å². The number of fused-ring (bicyclic) bond motifs is 1. The third kappa shape index (κ3) is 4.84. The highest BCUT2D eigenvalue weighted by Gasteiger charge is 2.30. The predicted molar refractivity (Wildman–Crippen MR) is 132 cm³/mol. The van der Waals surface area contributed by atoms with Crippen molar-refractivity contribution in [3.63, 3.8) is 0 Å². The van der Waals surface area contributed by atoms with Crippen LogP contribution in [0.1, 0.15) is 41.5 Å². The fourth-order valence-electron chi connectivity index (χ4n) is 4.18. The molecule has 2 unspecified atom stereocenters. The lowest BCUT2D eigenvalue weighted by Gasteiger charge is -2.19. The van der Waals surface area contributed by atoms with Crippen LogP contribution in [0.15, 0.2) is 77.5 Å². The molecule has 172 valence electrons. The lowest BCUT2D eigenvalue weighted by Crippen LogP contribution is -2.28. The number of benzene rings is 3. The molecule has 0 aliphatic carbocycles. The number of nitrogens with one attached hydrogen (secondary N) is 1. The summed E-state index contributed by atoms with van der Waals surface area (Å²) in [5.74, 6) is 1.46. The number of thioether (sulfide) groups is 1. The topological polar surface area (TPSA) is 81.4 Å². The van der Waals surface area contributed by atoms with Gasteiger partial charge in [-0.25, -0.2) is 4.98 Å². The fourth-order valence-corrected chi connectivity index (χ4v) is 4.89. The van der Waals surface area contributed by atoms with Gasteiger partial charge < -0.3 is 14.5 Å². The Labute approximate surface area is 201 Å². The van der Waals surface area contributed by atoms with Crippen molar-refractivity contribution in [1.82, 2.24) is 10.3 Å². The van der Waals surface area contributed by atoms with Gasteiger partial charge in [0, 0.05) is 11.8 Å². The van der Waals surface area contributed by atoms with E-state index in [0.717, 1.165) is 58.3 Å².